The van der Waals surface area contributed by atoms with E-state index in [9.17, 15) is 9.18 Å². The number of benzene rings is 1. The van der Waals surface area contributed by atoms with E-state index in [1.165, 1.54) is 12.3 Å². The van der Waals surface area contributed by atoms with E-state index in [-0.39, 0.29) is 17.8 Å². The maximum Gasteiger partial charge on any atom is 0.236 e. The fraction of sp³-hybridized carbons (Fsp3) is 0.381. The van der Waals surface area contributed by atoms with Gasteiger partial charge < -0.3 is 15.1 Å². The monoisotopic (exact) mass is 413 g/mol. The summed E-state index contributed by atoms with van der Waals surface area (Å²) in [5, 5.41) is 3.28. The number of piperazine rings is 1. The van der Waals surface area contributed by atoms with Crippen molar-refractivity contribution in [2.75, 3.05) is 31.1 Å². The Morgan fingerprint density at radius 2 is 2.21 bits per heavy atom. The van der Waals surface area contributed by atoms with Crippen molar-refractivity contribution in [2.24, 2.45) is 0 Å². The number of anilines is 1. The highest BCUT2D eigenvalue weighted by Crippen LogP contribution is 2.23. The predicted octanol–water partition coefficient (Wildman–Crippen LogP) is 2.97. The molecule has 1 aliphatic rings. The summed E-state index contributed by atoms with van der Waals surface area (Å²) in [5.74, 6) is 0.562. The van der Waals surface area contributed by atoms with Crippen molar-refractivity contribution in [1.29, 1.82) is 0 Å². The van der Waals surface area contributed by atoms with Gasteiger partial charge in [-0.1, -0.05) is 12.1 Å². The molecular formula is C21H24FN5OS. The van der Waals surface area contributed by atoms with Crippen LogP contribution in [-0.2, 0) is 11.3 Å². The lowest BCUT2D eigenvalue weighted by molar-refractivity contribution is -0.132. The number of nitrogens with zero attached hydrogens (tertiary/aromatic N) is 4. The normalized spacial score (nSPS) is 17.1. The molecule has 1 amide bonds. The molecule has 2 aromatic heterocycles. The molecule has 1 aromatic carbocycles. The van der Waals surface area contributed by atoms with Crippen LogP contribution in [0.25, 0.3) is 10.2 Å². The summed E-state index contributed by atoms with van der Waals surface area (Å²) in [6.45, 7) is 6.85. The first-order chi connectivity index (χ1) is 14.0. The second-order valence-electron chi connectivity index (χ2n) is 7.40. The molecule has 3 heterocycles. The zero-order valence-corrected chi connectivity index (χ0v) is 17.4. The highest BCUT2D eigenvalue weighted by atomic mass is 32.1. The van der Waals surface area contributed by atoms with Gasteiger partial charge in [-0.3, -0.25) is 4.79 Å². The smallest absolute Gasteiger partial charge is 0.236 e. The van der Waals surface area contributed by atoms with Crippen LogP contribution in [-0.4, -0.2) is 53.0 Å². The molecule has 1 saturated heterocycles. The molecule has 0 aliphatic carbocycles. The van der Waals surface area contributed by atoms with E-state index in [4.69, 9.17) is 0 Å². The number of pyridine rings is 1. The van der Waals surface area contributed by atoms with Crippen LogP contribution >= 0.6 is 11.3 Å². The number of fused-ring (bicyclic) bond motifs is 1. The minimum Gasteiger partial charge on any atom is -0.353 e. The Balaban J connectivity index is 1.32. The second kappa shape index (κ2) is 8.42. The highest BCUT2D eigenvalue weighted by Gasteiger charge is 2.28. The number of rotatable bonds is 5. The fourth-order valence-corrected chi connectivity index (χ4v) is 4.68. The number of hydrogen-bond acceptors (Lipinski definition) is 6. The Hall–Kier alpha value is -2.58. The van der Waals surface area contributed by atoms with Crippen molar-refractivity contribution in [3.8, 4) is 0 Å². The molecule has 8 heteroatoms. The van der Waals surface area contributed by atoms with Gasteiger partial charge in [0.15, 0.2) is 0 Å². The molecule has 6 nitrogen and oxygen atoms in total. The summed E-state index contributed by atoms with van der Waals surface area (Å²) in [6, 6.07) is 7.62. The van der Waals surface area contributed by atoms with Crippen molar-refractivity contribution in [3.63, 3.8) is 0 Å². The summed E-state index contributed by atoms with van der Waals surface area (Å²) < 4.78 is 14.5. The van der Waals surface area contributed by atoms with Gasteiger partial charge >= 0.3 is 0 Å². The Morgan fingerprint density at radius 3 is 3.00 bits per heavy atom. The lowest BCUT2D eigenvalue weighted by atomic mass is 10.1. The van der Waals surface area contributed by atoms with Gasteiger partial charge in [0, 0.05) is 32.2 Å². The van der Waals surface area contributed by atoms with Gasteiger partial charge in [-0.05, 0) is 37.1 Å². The fourth-order valence-electron chi connectivity index (χ4n) is 3.87. The number of halogens is 1. The first-order valence-corrected chi connectivity index (χ1v) is 10.6. The van der Waals surface area contributed by atoms with Gasteiger partial charge in [0.25, 0.3) is 0 Å². The summed E-state index contributed by atoms with van der Waals surface area (Å²) >= 11 is 1.62. The first-order valence-electron chi connectivity index (χ1n) is 9.71. The van der Waals surface area contributed by atoms with E-state index in [1.807, 2.05) is 36.4 Å². The average Bonchev–Trinajstić information content (AvgIpc) is 3.17. The van der Waals surface area contributed by atoms with E-state index in [0.29, 0.717) is 32.7 Å². The van der Waals surface area contributed by atoms with Crippen LogP contribution in [0.1, 0.15) is 18.1 Å². The number of carbonyl (C=O) groups is 1. The zero-order valence-electron chi connectivity index (χ0n) is 16.6. The summed E-state index contributed by atoms with van der Waals surface area (Å²) in [5.41, 5.74) is 4.82. The molecule has 0 unspecified atom stereocenters. The molecule has 1 N–H and O–H groups in total. The summed E-state index contributed by atoms with van der Waals surface area (Å²) in [6.07, 6.45) is 1.25. The van der Waals surface area contributed by atoms with Crippen LogP contribution in [0.5, 0.6) is 0 Å². The van der Waals surface area contributed by atoms with Gasteiger partial charge in [0.2, 0.25) is 5.91 Å². The number of carbonyl (C=O) groups excluding carboxylic acids is 1. The molecule has 0 spiro atoms. The zero-order chi connectivity index (χ0) is 20.4. The van der Waals surface area contributed by atoms with E-state index in [0.717, 1.165) is 27.2 Å². The van der Waals surface area contributed by atoms with E-state index in [2.05, 4.69) is 26.3 Å². The summed E-state index contributed by atoms with van der Waals surface area (Å²) in [4.78, 5) is 25.3. The Labute approximate surface area is 173 Å². The number of nitrogens with one attached hydrogen (secondary N) is 1. The summed E-state index contributed by atoms with van der Waals surface area (Å²) in [7, 11) is 0. The topological polar surface area (TPSA) is 61.4 Å². The lowest BCUT2D eigenvalue weighted by Gasteiger charge is -2.41. The number of aromatic nitrogens is 2. The molecular weight excluding hydrogens is 389 g/mol. The molecule has 3 aromatic rings. The van der Waals surface area contributed by atoms with Crippen LogP contribution in [0.15, 0.2) is 36.0 Å². The molecule has 1 aliphatic heterocycles. The van der Waals surface area contributed by atoms with Gasteiger partial charge in [0.05, 0.1) is 28.5 Å². The third-order valence-corrected chi connectivity index (χ3v) is 6.21. The quantitative estimate of drug-likeness (QED) is 0.697. The van der Waals surface area contributed by atoms with Crippen LogP contribution in [0, 0.1) is 12.7 Å². The van der Waals surface area contributed by atoms with Crippen LogP contribution in [0.3, 0.4) is 0 Å². The van der Waals surface area contributed by atoms with Crippen molar-refractivity contribution in [3.05, 3.63) is 52.9 Å². The maximum atomic E-state index is 13.3. The van der Waals surface area contributed by atoms with Crippen LogP contribution in [0.4, 0.5) is 10.2 Å². The average molecular weight is 414 g/mol. The molecule has 152 valence electrons. The minimum absolute atomic E-state index is 0.0641. The largest absolute Gasteiger partial charge is 0.353 e. The standard InChI is InChI=1S/C21H24FN5OS/c1-14-8-17(22)10-24-21(14)26-6-7-27(15(2)12-26)19(28)11-23-9-16-4-3-5-18-20(16)29-13-25-18/h3-5,8,10,13,15,23H,6-7,9,11-12H2,1-2H3/t15-/m0/s1. The SMILES string of the molecule is Cc1cc(F)cnc1N1CCN(C(=O)CNCc2cccc3ncsc23)[C@@H](C)C1. The lowest BCUT2D eigenvalue weighted by Crippen LogP contribution is -2.56. The van der Waals surface area contributed by atoms with Gasteiger partial charge in [0.1, 0.15) is 11.6 Å². The van der Waals surface area contributed by atoms with Gasteiger partial charge in [-0.2, -0.15) is 0 Å². The van der Waals surface area contributed by atoms with Gasteiger partial charge in [-0.25, -0.2) is 14.4 Å². The molecule has 0 radical (unpaired) electrons. The molecule has 1 atom stereocenters. The van der Waals surface area contributed by atoms with Crippen LogP contribution < -0.4 is 10.2 Å². The molecule has 0 saturated carbocycles. The van der Waals surface area contributed by atoms with Gasteiger partial charge in [-0.15, -0.1) is 11.3 Å². The third-order valence-electron chi connectivity index (χ3n) is 5.29. The minimum atomic E-state index is -0.326. The Kier molecular flexibility index (Phi) is 5.73. The molecule has 0 bridgehead atoms. The molecule has 4 rings (SSSR count). The molecule has 1 fully saturated rings. The number of amides is 1. The number of thiazole rings is 1. The maximum absolute atomic E-state index is 13.3. The number of hydrogen-bond donors (Lipinski definition) is 1. The third kappa shape index (κ3) is 4.23. The first kappa shape index (κ1) is 19.7. The van der Waals surface area contributed by atoms with E-state index in [1.54, 1.807) is 11.3 Å². The van der Waals surface area contributed by atoms with Crippen molar-refractivity contribution in [1.82, 2.24) is 20.2 Å². The van der Waals surface area contributed by atoms with E-state index >= 15 is 0 Å². The van der Waals surface area contributed by atoms with Crippen LogP contribution in [0.2, 0.25) is 0 Å². The number of aryl methyl sites for hydroxylation is 1. The van der Waals surface area contributed by atoms with E-state index < -0.39 is 0 Å². The predicted molar refractivity (Wildman–Crippen MR) is 114 cm³/mol. The molecule has 29 heavy (non-hydrogen) atoms. The highest BCUT2D eigenvalue weighted by molar-refractivity contribution is 7.16. The van der Waals surface area contributed by atoms with Crippen molar-refractivity contribution >= 4 is 33.3 Å². The van der Waals surface area contributed by atoms with Crippen molar-refractivity contribution in [2.45, 2.75) is 26.4 Å². The van der Waals surface area contributed by atoms with Crippen molar-refractivity contribution < 1.29 is 9.18 Å². The Morgan fingerprint density at radius 1 is 1.34 bits per heavy atom. The second-order valence-corrected chi connectivity index (χ2v) is 8.25. The Bertz CT molecular complexity index is 1020.